The summed E-state index contributed by atoms with van der Waals surface area (Å²) in [5.41, 5.74) is 1.26. The Morgan fingerprint density at radius 1 is 1.53 bits per heavy atom. The van der Waals surface area contributed by atoms with E-state index in [2.05, 4.69) is 15.6 Å². The van der Waals surface area contributed by atoms with E-state index in [1.54, 1.807) is 0 Å². The lowest BCUT2D eigenvalue weighted by atomic mass is 10.1. The summed E-state index contributed by atoms with van der Waals surface area (Å²) >= 11 is 0. The van der Waals surface area contributed by atoms with Gasteiger partial charge in [0.2, 0.25) is 0 Å². The Morgan fingerprint density at radius 3 is 2.89 bits per heavy atom. The molecule has 7 nitrogen and oxygen atoms in total. The number of nitrogens with one attached hydrogen (secondary N) is 3. The van der Waals surface area contributed by atoms with Crippen molar-refractivity contribution in [2.75, 3.05) is 19.6 Å². The molecule has 2 rings (SSSR count). The van der Waals surface area contributed by atoms with E-state index in [9.17, 15) is 14.9 Å². The molecule has 104 valence electrons. The molecule has 1 aliphatic heterocycles. The maximum atomic E-state index is 11.7. The van der Waals surface area contributed by atoms with Crippen LogP contribution in [0.5, 0.6) is 0 Å². The van der Waals surface area contributed by atoms with Crippen LogP contribution in [0, 0.1) is 10.1 Å². The van der Waals surface area contributed by atoms with Crippen molar-refractivity contribution in [3.63, 3.8) is 0 Å². The van der Waals surface area contributed by atoms with Gasteiger partial charge in [0.05, 0.1) is 11.1 Å². The van der Waals surface area contributed by atoms with Crippen LogP contribution in [-0.2, 0) is 0 Å². The van der Waals surface area contributed by atoms with E-state index in [0.717, 1.165) is 19.5 Å². The molecule has 0 radical (unpaired) electrons. The zero-order valence-corrected chi connectivity index (χ0v) is 11.0. The summed E-state index contributed by atoms with van der Waals surface area (Å²) in [5.74, 6) is -0.331. The Balaban J connectivity index is 0.00000180. The van der Waals surface area contributed by atoms with Crippen LogP contribution < -0.4 is 10.6 Å². The fourth-order valence-corrected chi connectivity index (χ4v) is 1.74. The molecule has 3 N–H and O–H groups in total. The minimum atomic E-state index is -0.539. The highest BCUT2D eigenvalue weighted by atomic mass is 35.5. The van der Waals surface area contributed by atoms with Gasteiger partial charge < -0.3 is 15.6 Å². The van der Waals surface area contributed by atoms with Crippen LogP contribution in [0.25, 0.3) is 0 Å². The minimum Gasteiger partial charge on any atom is -0.351 e. The Labute approximate surface area is 116 Å². The predicted octanol–water partition coefficient (Wildman–Crippen LogP) is 0.994. The van der Waals surface area contributed by atoms with Gasteiger partial charge in [0.1, 0.15) is 5.69 Å². The van der Waals surface area contributed by atoms with E-state index in [1.165, 1.54) is 17.8 Å². The van der Waals surface area contributed by atoms with Crippen LogP contribution in [0.2, 0.25) is 0 Å². The molecule has 0 spiro atoms. The lowest BCUT2D eigenvalue weighted by molar-refractivity contribution is -0.384. The standard InChI is InChI=1S/C11H14N4O3.ClH/c16-11(10-5-9(7-13-10)15(17)18)14-6-8-1-3-12-4-2-8;/h1,5,7,12-13H,2-4,6H2,(H,14,16);1H. The van der Waals surface area contributed by atoms with Crippen LogP contribution in [-0.4, -0.2) is 35.4 Å². The van der Waals surface area contributed by atoms with Crippen LogP contribution in [0.1, 0.15) is 16.9 Å². The van der Waals surface area contributed by atoms with Crippen LogP contribution in [0.15, 0.2) is 23.9 Å². The van der Waals surface area contributed by atoms with Crippen molar-refractivity contribution in [3.8, 4) is 0 Å². The van der Waals surface area contributed by atoms with Crippen molar-refractivity contribution in [2.24, 2.45) is 0 Å². The third-order valence-corrected chi connectivity index (χ3v) is 2.76. The highest BCUT2D eigenvalue weighted by Gasteiger charge is 2.14. The molecule has 1 aromatic heterocycles. The number of hydrogen-bond donors (Lipinski definition) is 3. The van der Waals surface area contributed by atoms with Gasteiger partial charge in [-0.2, -0.15) is 0 Å². The number of rotatable bonds is 4. The number of halogens is 1. The summed E-state index contributed by atoms with van der Waals surface area (Å²) in [4.78, 5) is 24.2. The normalized spacial score (nSPS) is 14.2. The number of H-pyrrole nitrogens is 1. The maximum Gasteiger partial charge on any atom is 0.287 e. The van der Waals surface area contributed by atoms with Crippen LogP contribution >= 0.6 is 12.4 Å². The summed E-state index contributed by atoms with van der Waals surface area (Å²) in [7, 11) is 0. The molecule has 0 aliphatic carbocycles. The van der Waals surface area contributed by atoms with Gasteiger partial charge in [-0.25, -0.2) is 0 Å². The number of carbonyl (C=O) groups is 1. The Hall–Kier alpha value is -1.86. The fourth-order valence-electron chi connectivity index (χ4n) is 1.74. The predicted molar refractivity (Wildman–Crippen MR) is 72.6 cm³/mol. The van der Waals surface area contributed by atoms with E-state index in [1.807, 2.05) is 6.08 Å². The smallest absolute Gasteiger partial charge is 0.287 e. The van der Waals surface area contributed by atoms with Gasteiger partial charge >= 0.3 is 0 Å². The van der Waals surface area contributed by atoms with E-state index >= 15 is 0 Å². The first kappa shape index (κ1) is 15.2. The van der Waals surface area contributed by atoms with E-state index in [0.29, 0.717) is 6.54 Å². The monoisotopic (exact) mass is 286 g/mol. The van der Waals surface area contributed by atoms with Crippen molar-refractivity contribution >= 4 is 24.0 Å². The first-order valence-electron chi connectivity index (χ1n) is 5.66. The topological polar surface area (TPSA) is 100 Å². The van der Waals surface area contributed by atoms with Gasteiger partial charge in [-0.05, 0) is 13.0 Å². The molecule has 0 atom stereocenters. The fraction of sp³-hybridized carbons (Fsp3) is 0.364. The average molecular weight is 287 g/mol. The molecular weight excluding hydrogens is 272 g/mol. The highest BCUT2D eigenvalue weighted by Crippen LogP contribution is 2.12. The Kier molecular flexibility index (Phi) is 5.53. The number of amides is 1. The van der Waals surface area contributed by atoms with E-state index in [4.69, 9.17) is 0 Å². The van der Waals surface area contributed by atoms with Crippen LogP contribution in [0.3, 0.4) is 0 Å². The molecule has 0 aromatic carbocycles. The largest absolute Gasteiger partial charge is 0.351 e. The number of nitrogens with zero attached hydrogens (tertiary/aromatic N) is 1. The van der Waals surface area contributed by atoms with Crippen molar-refractivity contribution in [2.45, 2.75) is 6.42 Å². The second-order valence-electron chi connectivity index (χ2n) is 4.03. The maximum absolute atomic E-state index is 11.7. The van der Waals surface area contributed by atoms with Crippen molar-refractivity contribution < 1.29 is 9.72 Å². The van der Waals surface area contributed by atoms with E-state index < -0.39 is 4.92 Å². The number of carbonyl (C=O) groups excluding carboxylic acids is 1. The van der Waals surface area contributed by atoms with Crippen LogP contribution in [0.4, 0.5) is 5.69 Å². The number of aromatic nitrogens is 1. The first-order chi connectivity index (χ1) is 8.66. The van der Waals surface area contributed by atoms with Gasteiger partial charge in [0.15, 0.2) is 0 Å². The summed E-state index contributed by atoms with van der Waals surface area (Å²) in [5, 5.41) is 16.4. The quantitative estimate of drug-likeness (QED) is 0.436. The third-order valence-electron chi connectivity index (χ3n) is 2.76. The molecule has 0 saturated carbocycles. The molecule has 1 amide bonds. The zero-order valence-electron chi connectivity index (χ0n) is 10.1. The molecule has 0 fully saturated rings. The number of hydrogen-bond acceptors (Lipinski definition) is 4. The molecular formula is C11H15ClN4O3. The zero-order chi connectivity index (χ0) is 13.0. The molecule has 2 heterocycles. The summed E-state index contributed by atoms with van der Waals surface area (Å²) in [6.07, 6.45) is 4.16. The molecule has 0 saturated heterocycles. The van der Waals surface area contributed by atoms with Crippen molar-refractivity contribution in [3.05, 3.63) is 39.7 Å². The minimum absolute atomic E-state index is 0. The molecule has 19 heavy (non-hydrogen) atoms. The van der Waals surface area contributed by atoms with Crippen molar-refractivity contribution in [1.82, 2.24) is 15.6 Å². The molecule has 0 bridgehead atoms. The second kappa shape index (κ2) is 6.91. The highest BCUT2D eigenvalue weighted by molar-refractivity contribution is 5.93. The van der Waals surface area contributed by atoms with Gasteiger partial charge in [-0.3, -0.25) is 14.9 Å². The second-order valence-corrected chi connectivity index (χ2v) is 4.03. The van der Waals surface area contributed by atoms with Crippen molar-refractivity contribution in [1.29, 1.82) is 0 Å². The first-order valence-corrected chi connectivity index (χ1v) is 5.66. The van der Waals surface area contributed by atoms with Gasteiger partial charge in [0, 0.05) is 19.2 Å². The lowest BCUT2D eigenvalue weighted by Crippen LogP contribution is -2.29. The molecule has 1 aromatic rings. The molecule has 0 unspecified atom stereocenters. The van der Waals surface area contributed by atoms with Gasteiger partial charge in [0.25, 0.3) is 11.6 Å². The van der Waals surface area contributed by atoms with Gasteiger partial charge in [-0.15, -0.1) is 12.4 Å². The Morgan fingerprint density at radius 2 is 2.32 bits per heavy atom. The number of aromatic amines is 1. The summed E-state index contributed by atoms with van der Waals surface area (Å²) in [6.45, 7) is 2.21. The lowest BCUT2D eigenvalue weighted by Gasteiger charge is -2.14. The Bertz CT molecular complexity index is 498. The summed E-state index contributed by atoms with van der Waals surface area (Å²) < 4.78 is 0. The molecule has 1 aliphatic rings. The number of nitro groups is 1. The third kappa shape index (κ3) is 4.08. The molecule has 8 heteroatoms. The SMILES string of the molecule is Cl.O=C(NCC1=CCNCC1)c1cc([N+](=O)[O-])c[nH]1. The van der Waals surface area contributed by atoms with E-state index in [-0.39, 0.29) is 29.7 Å². The average Bonchev–Trinajstić information content (AvgIpc) is 2.87. The summed E-state index contributed by atoms with van der Waals surface area (Å²) in [6, 6.07) is 1.23. The van der Waals surface area contributed by atoms with Gasteiger partial charge in [-0.1, -0.05) is 11.6 Å².